The van der Waals surface area contributed by atoms with E-state index in [4.69, 9.17) is 11.6 Å². The van der Waals surface area contributed by atoms with Crippen molar-refractivity contribution >= 4 is 34.3 Å². The Kier molecular flexibility index (Phi) is 3.54. The topological polar surface area (TPSA) is 15.8 Å². The maximum atomic E-state index is 6.09. The van der Waals surface area contributed by atoms with Crippen LogP contribution < -0.4 is 0 Å². The van der Waals surface area contributed by atoms with Crippen molar-refractivity contribution in [1.82, 2.24) is 4.98 Å². The molecule has 1 heterocycles. The summed E-state index contributed by atoms with van der Waals surface area (Å²) in [7, 11) is 0. The lowest BCUT2D eigenvalue weighted by Gasteiger charge is -2.06. The molecule has 0 aliphatic rings. The molecule has 1 nitrogen and oxygen atoms in total. The minimum atomic E-state index is 0.776. The molecule has 0 atom stereocenters. The van der Waals surface area contributed by atoms with Gasteiger partial charge in [0.05, 0.1) is 0 Å². The lowest BCUT2D eigenvalue weighted by Crippen LogP contribution is -1.83. The van der Waals surface area contributed by atoms with Gasteiger partial charge in [-0.15, -0.1) is 0 Å². The number of benzene rings is 2. The normalized spacial score (nSPS) is 11.1. The molecular weight excluding hydrogens is 274 g/mol. The molecule has 0 amide bonds. The molecule has 1 aromatic heterocycles. The van der Waals surface area contributed by atoms with Crippen molar-refractivity contribution in [3.8, 4) is 0 Å². The summed E-state index contributed by atoms with van der Waals surface area (Å²) in [5.74, 6) is 0. The summed E-state index contributed by atoms with van der Waals surface area (Å²) in [6.07, 6.45) is 3.10. The third kappa shape index (κ3) is 2.51. The molecule has 3 heteroatoms. The molecule has 0 fully saturated rings. The number of aromatic amines is 1. The third-order valence-electron chi connectivity index (χ3n) is 3.18. The molecule has 0 unspecified atom stereocenters. The van der Waals surface area contributed by atoms with Crippen molar-refractivity contribution < 1.29 is 0 Å². The number of H-pyrrole nitrogens is 1. The van der Waals surface area contributed by atoms with Crippen LogP contribution in [0, 0.1) is 0 Å². The molecule has 3 rings (SSSR count). The molecular formula is C16H14ClNS. The fraction of sp³-hybridized carbons (Fsp3) is 0.125. The van der Waals surface area contributed by atoms with Crippen molar-refractivity contribution in [3.05, 3.63) is 59.2 Å². The average Bonchev–Trinajstić information content (AvgIpc) is 2.82. The molecule has 0 saturated carbocycles. The lowest BCUT2D eigenvalue weighted by molar-refractivity contribution is 1.08. The van der Waals surface area contributed by atoms with Gasteiger partial charge >= 0.3 is 0 Å². The van der Waals surface area contributed by atoms with Gasteiger partial charge in [0.2, 0.25) is 0 Å². The highest BCUT2D eigenvalue weighted by Gasteiger charge is 2.08. The molecule has 0 aliphatic carbocycles. The van der Waals surface area contributed by atoms with Crippen LogP contribution in [0.2, 0.25) is 5.02 Å². The first-order chi connectivity index (χ1) is 9.28. The van der Waals surface area contributed by atoms with Gasteiger partial charge in [-0.2, -0.15) is 0 Å². The Balaban J connectivity index is 2.03. The van der Waals surface area contributed by atoms with E-state index in [0.717, 1.165) is 17.0 Å². The van der Waals surface area contributed by atoms with E-state index in [0.29, 0.717) is 0 Å². The van der Waals surface area contributed by atoms with Gasteiger partial charge in [-0.1, -0.05) is 48.5 Å². The number of aryl methyl sites for hydroxylation is 1. The van der Waals surface area contributed by atoms with Crippen LogP contribution in [0.5, 0.6) is 0 Å². The number of rotatable bonds is 3. The average molecular weight is 288 g/mol. The van der Waals surface area contributed by atoms with Crippen molar-refractivity contribution in [3.63, 3.8) is 0 Å². The Morgan fingerprint density at radius 2 is 1.95 bits per heavy atom. The smallest absolute Gasteiger partial charge is 0.0466 e. The van der Waals surface area contributed by atoms with E-state index < -0.39 is 0 Å². The Hall–Kier alpha value is -1.38. The van der Waals surface area contributed by atoms with Crippen LogP contribution in [0.1, 0.15) is 12.5 Å². The minimum Gasteiger partial charge on any atom is -0.360 e. The second-order valence-corrected chi connectivity index (χ2v) is 5.93. The van der Waals surface area contributed by atoms with Crippen LogP contribution >= 0.6 is 23.4 Å². The second kappa shape index (κ2) is 5.32. The number of fused-ring (bicyclic) bond motifs is 1. The van der Waals surface area contributed by atoms with Crippen LogP contribution in [0.4, 0.5) is 0 Å². The summed E-state index contributed by atoms with van der Waals surface area (Å²) >= 11 is 7.88. The minimum absolute atomic E-state index is 0.776. The number of hydrogen-bond acceptors (Lipinski definition) is 1. The molecule has 2 aromatic carbocycles. The van der Waals surface area contributed by atoms with Crippen LogP contribution in [-0.2, 0) is 6.42 Å². The fourth-order valence-corrected chi connectivity index (χ4v) is 3.46. The van der Waals surface area contributed by atoms with Gasteiger partial charge < -0.3 is 4.98 Å². The second-order valence-electron chi connectivity index (χ2n) is 4.41. The Morgan fingerprint density at radius 3 is 2.79 bits per heavy atom. The van der Waals surface area contributed by atoms with E-state index >= 15 is 0 Å². The summed E-state index contributed by atoms with van der Waals surface area (Å²) in [4.78, 5) is 5.83. The van der Waals surface area contributed by atoms with Gasteiger partial charge in [-0.05, 0) is 36.2 Å². The molecule has 19 heavy (non-hydrogen) atoms. The molecule has 0 spiro atoms. The van der Waals surface area contributed by atoms with Crippen molar-refractivity contribution in [2.45, 2.75) is 23.1 Å². The molecule has 0 aliphatic heterocycles. The molecule has 3 aromatic rings. The number of aromatic nitrogens is 1. The molecule has 0 bridgehead atoms. The fourth-order valence-electron chi connectivity index (χ4n) is 2.17. The molecule has 0 radical (unpaired) electrons. The highest BCUT2D eigenvalue weighted by molar-refractivity contribution is 7.99. The monoisotopic (exact) mass is 287 g/mol. The maximum Gasteiger partial charge on any atom is 0.0466 e. The summed E-state index contributed by atoms with van der Waals surface area (Å²) < 4.78 is 0. The zero-order valence-corrected chi connectivity index (χ0v) is 12.2. The Morgan fingerprint density at radius 1 is 1.11 bits per heavy atom. The predicted molar refractivity (Wildman–Crippen MR) is 83.3 cm³/mol. The van der Waals surface area contributed by atoms with Gasteiger partial charge in [0.25, 0.3) is 0 Å². The van der Waals surface area contributed by atoms with E-state index in [9.17, 15) is 0 Å². The van der Waals surface area contributed by atoms with Gasteiger partial charge in [0.1, 0.15) is 0 Å². The number of hydrogen-bond donors (Lipinski definition) is 1. The summed E-state index contributed by atoms with van der Waals surface area (Å²) in [6, 6.07) is 14.5. The van der Waals surface area contributed by atoms with Crippen molar-refractivity contribution in [2.75, 3.05) is 0 Å². The van der Waals surface area contributed by atoms with E-state index in [-0.39, 0.29) is 0 Å². The SMILES string of the molecule is CCc1ccccc1Sc1c[nH]c2ccc(Cl)cc12. The largest absolute Gasteiger partial charge is 0.360 e. The van der Waals surface area contributed by atoms with Crippen molar-refractivity contribution in [1.29, 1.82) is 0 Å². The van der Waals surface area contributed by atoms with Crippen LogP contribution in [-0.4, -0.2) is 4.98 Å². The van der Waals surface area contributed by atoms with Gasteiger partial charge in [-0.3, -0.25) is 0 Å². The Labute approximate surface area is 122 Å². The predicted octanol–water partition coefficient (Wildman–Crippen LogP) is 5.53. The summed E-state index contributed by atoms with van der Waals surface area (Å²) in [5.41, 5.74) is 2.50. The molecule has 96 valence electrons. The van der Waals surface area contributed by atoms with E-state index in [1.54, 1.807) is 11.8 Å². The highest BCUT2D eigenvalue weighted by atomic mass is 35.5. The Bertz CT molecular complexity index is 718. The van der Waals surface area contributed by atoms with Gasteiger partial charge in [0, 0.05) is 31.9 Å². The van der Waals surface area contributed by atoms with Gasteiger partial charge in [0.15, 0.2) is 0 Å². The van der Waals surface area contributed by atoms with Crippen LogP contribution in [0.25, 0.3) is 10.9 Å². The van der Waals surface area contributed by atoms with Gasteiger partial charge in [-0.25, -0.2) is 0 Å². The first kappa shape index (κ1) is 12.6. The van der Waals surface area contributed by atoms with Crippen molar-refractivity contribution in [2.24, 2.45) is 0 Å². The van der Waals surface area contributed by atoms with Crippen LogP contribution in [0.3, 0.4) is 0 Å². The lowest BCUT2D eigenvalue weighted by atomic mass is 10.2. The van der Waals surface area contributed by atoms with Crippen LogP contribution in [0.15, 0.2) is 58.5 Å². The first-order valence-electron chi connectivity index (χ1n) is 6.30. The summed E-state index contributed by atoms with van der Waals surface area (Å²) in [6.45, 7) is 2.19. The zero-order chi connectivity index (χ0) is 13.2. The standard InChI is InChI=1S/C16H14ClNS/c1-2-11-5-3-4-6-15(11)19-16-10-18-14-8-7-12(17)9-13(14)16/h3-10,18H,2H2,1H3. The molecule has 1 N–H and O–H groups in total. The molecule has 0 saturated heterocycles. The third-order valence-corrected chi connectivity index (χ3v) is 4.59. The van der Waals surface area contributed by atoms with E-state index in [2.05, 4.69) is 42.4 Å². The zero-order valence-electron chi connectivity index (χ0n) is 10.6. The van der Waals surface area contributed by atoms with E-state index in [1.165, 1.54) is 20.7 Å². The maximum absolute atomic E-state index is 6.09. The quantitative estimate of drug-likeness (QED) is 0.669. The number of nitrogens with one attached hydrogen (secondary N) is 1. The first-order valence-corrected chi connectivity index (χ1v) is 7.50. The highest BCUT2D eigenvalue weighted by Crippen LogP contribution is 2.36. The summed E-state index contributed by atoms with van der Waals surface area (Å²) in [5, 5.41) is 1.96. The van der Waals surface area contributed by atoms with E-state index in [1.807, 2.05) is 18.2 Å². The number of halogens is 1.